The van der Waals surface area contributed by atoms with Gasteiger partial charge in [-0.25, -0.2) is 0 Å². The highest BCUT2D eigenvalue weighted by atomic mass is 16.1. The van der Waals surface area contributed by atoms with Crippen molar-refractivity contribution in [3.05, 3.63) is 35.9 Å². The average Bonchev–Trinajstić information content (AvgIpc) is 2.56. The number of hydrogen-bond donors (Lipinski definition) is 4. The first-order valence-electron chi connectivity index (χ1n) is 8.15. The summed E-state index contributed by atoms with van der Waals surface area (Å²) in [6.07, 6.45) is 5.23. The number of hydrogen-bond acceptors (Lipinski definition) is 4. The summed E-state index contributed by atoms with van der Waals surface area (Å²) in [4.78, 5) is 12.5. The van der Waals surface area contributed by atoms with Crippen LogP contribution in [0.5, 0.6) is 0 Å². The molecule has 0 aliphatic carbocycles. The predicted octanol–water partition coefficient (Wildman–Crippen LogP) is 1.37. The summed E-state index contributed by atoms with van der Waals surface area (Å²) in [7, 11) is 0. The third-order valence-electron chi connectivity index (χ3n) is 3.99. The summed E-state index contributed by atoms with van der Waals surface area (Å²) in [6.45, 7) is 1.86. The quantitative estimate of drug-likeness (QED) is 0.495. The standard InChI is InChI=1S/C17H30N4O/c18-12-4-9-17(10-5-13-19,11-6-14-20)21-16(22)15-7-2-1-3-8-15/h1-3,7-8H,4-6,9-14,18-20H2,(H,21,22). The Morgan fingerprint density at radius 3 is 1.73 bits per heavy atom. The Morgan fingerprint density at radius 1 is 0.864 bits per heavy atom. The smallest absolute Gasteiger partial charge is 0.251 e. The van der Waals surface area contributed by atoms with Crippen LogP contribution in [-0.4, -0.2) is 31.1 Å². The minimum atomic E-state index is -0.259. The van der Waals surface area contributed by atoms with Gasteiger partial charge in [0.2, 0.25) is 0 Å². The van der Waals surface area contributed by atoms with Crippen LogP contribution in [0, 0.1) is 0 Å². The third kappa shape index (κ3) is 6.13. The van der Waals surface area contributed by atoms with E-state index in [2.05, 4.69) is 5.32 Å². The van der Waals surface area contributed by atoms with Gasteiger partial charge in [-0.05, 0) is 70.3 Å². The minimum Gasteiger partial charge on any atom is -0.347 e. The Balaban J connectivity index is 2.86. The van der Waals surface area contributed by atoms with E-state index in [1.165, 1.54) is 0 Å². The Kier molecular flexibility index (Phi) is 8.74. The van der Waals surface area contributed by atoms with Crippen molar-refractivity contribution in [2.45, 2.75) is 44.1 Å². The van der Waals surface area contributed by atoms with Crippen molar-refractivity contribution in [3.8, 4) is 0 Å². The molecule has 0 radical (unpaired) electrons. The first-order valence-corrected chi connectivity index (χ1v) is 8.15. The predicted molar refractivity (Wildman–Crippen MR) is 91.5 cm³/mol. The van der Waals surface area contributed by atoms with Crippen LogP contribution in [0.25, 0.3) is 0 Å². The monoisotopic (exact) mass is 306 g/mol. The molecule has 5 heteroatoms. The summed E-state index contributed by atoms with van der Waals surface area (Å²) >= 11 is 0. The molecule has 1 aromatic carbocycles. The highest BCUT2D eigenvalue weighted by Gasteiger charge is 2.30. The molecule has 1 aromatic rings. The molecule has 124 valence electrons. The van der Waals surface area contributed by atoms with E-state index in [4.69, 9.17) is 17.2 Å². The molecule has 0 saturated heterocycles. The van der Waals surface area contributed by atoms with Gasteiger partial charge in [-0.1, -0.05) is 18.2 Å². The van der Waals surface area contributed by atoms with Gasteiger partial charge in [0.15, 0.2) is 0 Å². The molecule has 0 aliphatic heterocycles. The van der Waals surface area contributed by atoms with E-state index in [-0.39, 0.29) is 11.4 Å². The third-order valence-corrected chi connectivity index (χ3v) is 3.99. The molecular weight excluding hydrogens is 276 g/mol. The lowest BCUT2D eigenvalue weighted by molar-refractivity contribution is 0.0874. The number of carbonyl (C=O) groups excluding carboxylic acids is 1. The number of rotatable bonds is 11. The Labute approximate surface area is 133 Å². The van der Waals surface area contributed by atoms with Crippen molar-refractivity contribution < 1.29 is 4.79 Å². The lowest BCUT2D eigenvalue weighted by Crippen LogP contribution is -2.49. The first-order chi connectivity index (χ1) is 10.7. The molecule has 1 rings (SSSR count). The fourth-order valence-electron chi connectivity index (χ4n) is 2.79. The maximum Gasteiger partial charge on any atom is 0.251 e. The minimum absolute atomic E-state index is 0.0355. The number of carbonyl (C=O) groups is 1. The molecule has 7 N–H and O–H groups in total. The van der Waals surface area contributed by atoms with E-state index >= 15 is 0 Å². The Hall–Kier alpha value is -1.43. The maximum atomic E-state index is 12.5. The molecule has 0 unspecified atom stereocenters. The summed E-state index contributed by atoms with van der Waals surface area (Å²) in [6, 6.07) is 9.30. The van der Waals surface area contributed by atoms with Crippen molar-refractivity contribution in [2.75, 3.05) is 19.6 Å². The molecule has 0 aromatic heterocycles. The lowest BCUT2D eigenvalue weighted by Gasteiger charge is -2.35. The zero-order valence-corrected chi connectivity index (χ0v) is 13.4. The van der Waals surface area contributed by atoms with Crippen LogP contribution in [0.3, 0.4) is 0 Å². The van der Waals surface area contributed by atoms with Crippen LogP contribution < -0.4 is 22.5 Å². The SMILES string of the molecule is NCCCC(CCCN)(CCCN)NC(=O)c1ccccc1. The second-order valence-corrected chi connectivity index (χ2v) is 5.78. The van der Waals surface area contributed by atoms with E-state index in [1.54, 1.807) is 0 Å². The van der Waals surface area contributed by atoms with Gasteiger partial charge in [-0.3, -0.25) is 4.79 Å². The van der Waals surface area contributed by atoms with E-state index in [9.17, 15) is 4.79 Å². The molecule has 0 fully saturated rings. The van der Waals surface area contributed by atoms with Crippen LogP contribution in [0.15, 0.2) is 30.3 Å². The second-order valence-electron chi connectivity index (χ2n) is 5.78. The van der Waals surface area contributed by atoms with Crippen molar-refractivity contribution in [1.29, 1.82) is 0 Å². The van der Waals surface area contributed by atoms with E-state index in [0.29, 0.717) is 25.2 Å². The number of amides is 1. The Morgan fingerprint density at radius 2 is 1.32 bits per heavy atom. The highest BCUT2D eigenvalue weighted by molar-refractivity contribution is 5.94. The van der Waals surface area contributed by atoms with Gasteiger partial charge < -0.3 is 22.5 Å². The fraction of sp³-hybridized carbons (Fsp3) is 0.588. The Bertz CT molecular complexity index is 400. The molecule has 5 nitrogen and oxygen atoms in total. The van der Waals surface area contributed by atoms with Crippen LogP contribution in [0.2, 0.25) is 0 Å². The summed E-state index contributed by atoms with van der Waals surface area (Å²) in [5.41, 5.74) is 17.4. The zero-order valence-electron chi connectivity index (χ0n) is 13.4. The summed E-state index contributed by atoms with van der Waals surface area (Å²) in [5.74, 6) is -0.0355. The largest absolute Gasteiger partial charge is 0.347 e. The first kappa shape index (κ1) is 18.6. The van der Waals surface area contributed by atoms with E-state index in [1.807, 2.05) is 30.3 Å². The van der Waals surface area contributed by atoms with Gasteiger partial charge in [0.25, 0.3) is 5.91 Å². The number of benzene rings is 1. The van der Waals surface area contributed by atoms with Crippen molar-refractivity contribution >= 4 is 5.91 Å². The normalized spacial score (nSPS) is 11.4. The second kappa shape index (κ2) is 10.3. The van der Waals surface area contributed by atoms with Gasteiger partial charge >= 0.3 is 0 Å². The molecule has 0 bridgehead atoms. The molecule has 22 heavy (non-hydrogen) atoms. The van der Waals surface area contributed by atoms with Gasteiger partial charge in [0.05, 0.1) is 0 Å². The van der Waals surface area contributed by atoms with Crippen LogP contribution in [0.4, 0.5) is 0 Å². The van der Waals surface area contributed by atoms with E-state index < -0.39 is 0 Å². The number of nitrogens with one attached hydrogen (secondary N) is 1. The van der Waals surface area contributed by atoms with Crippen LogP contribution >= 0.6 is 0 Å². The zero-order chi connectivity index (χ0) is 16.3. The van der Waals surface area contributed by atoms with E-state index in [0.717, 1.165) is 38.5 Å². The van der Waals surface area contributed by atoms with Gasteiger partial charge in [-0.2, -0.15) is 0 Å². The van der Waals surface area contributed by atoms with Gasteiger partial charge in [0.1, 0.15) is 0 Å². The molecule has 0 saturated carbocycles. The van der Waals surface area contributed by atoms with Gasteiger partial charge in [-0.15, -0.1) is 0 Å². The summed E-state index contributed by atoms with van der Waals surface area (Å²) in [5, 5.41) is 3.25. The lowest BCUT2D eigenvalue weighted by atomic mass is 9.83. The molecule has 0 heterocycles. The average molecular weight is 306 g/mol. The summed E-state index contributed by atoms with van der Waals surface area (Å²) < 4.78 is 0. The number of nitrogens with two attached hydrogens (primary N) is 3. The van der Waals surface area contributed by atoms with Crippen LogP contribution in [0.1, 0.15) is 48.9 Å². The topological polar surface area (TPSA) is 107 Å². The molecular formula is C17H30N4O. The van der Waals surface area contributed by atoms with Crippen molar-refractivity contribution in [2.24, 2.45) is 17.2 Å². The molecule has 0 atom stereocenters. The maximum absolute atomic E-state index is 12.5. The van der Waals surface area contributed by atoms with Crippen molar-refractivity contribution in [3.63, 3.8) is 0 Å². The molecule has 1 amide bonds. The highest BCUT2D eigenvalue weighted by Crippen LogP contribution is 2.25. The molecule has 0 spiro atoms. The van der Waals surface area contributed by atoms with Crippen molar-refractivity contribution in [1.82, 2.24) is 5.32 Å². The fourth-order valence-corrected chi connectivity index (χ4v) is 2.79. The van der Waals surface area contributed by atoms with Gasteiger partial charge in [0, 0.05) is 11.1 Å². The molecule has 0 aliphatic rings. The van der Waals surface area contributed by atoms with Crippen LogP contribution in [-0.2, 0) is 0 Å².